The largest absolute Gasteiger partial charge is 0.479 e. The molecule has 0 saturated heterocycles. The molecule has 4 rings (SSSR count). The average molecular weight is 467 g/mol. The van der Waals surface area contributed by atoms with Gasteiger partial charge in [0, 0.05) is 18.9 Å². The third-order valence-corrected chi connectivity index (χ3v) is 6.38. The van der Waals surface area contributed by atoms with Gasteiger partial charge >= 0.3 is 12.1 Å². The molecule has 0 aliphatic heterocycles. The third kappa shape index (κ3) is 5.75. The molecular weight excluding hydrogens is 436 g/mol. The normalized spacial score (nSPS) is 16.1. The highest BCUT2D eigenvalue weighted by molar-refractivity contribution is 5.79. The highest BCUT2D eigenvalue weighted by atomic mass is 16.7. The van der Waals surface area contributed by atoms with E-state index in [2.05, 4.69) is 35.1 Å². The SMILES string of the molecule is CC(CCNC(=O)OCC1c2ccccc2-c2ccccc21)CC(=O)NOC(C(=O)O)C1CC1. The van der Waals surface area contributed by atoms with Crippen LogP contribution in [0.4, 0.5) is 4.79 Å². The van der Waals surface area contributed by atoms with E-state index in [9.17, 15) is 14.4 Å². The topological polar surface area (TPSA) is 114 Å². The maximum Gasteiger partial charge on any atom is 0.407 e. The van der Waals surface area contributed by atoms with Gasteiger partial charge in [-0.25, -0.2) is 15.1 Å². The maximum absolute atomic E-state index is 12.3. The molecule has 2 unspecified atom stereocenters. The molecule has 0 aromatic heterocycles. The van der Waals surface area contributed by atoms with E-state index in [0.717, 1.165) is 24.0 Å². The van der Waals surface area contributed by atoms with Crippen molar-refractivity contribution in [3.8, 4) is 11.1 Å². The minimum atomic E-state index is -1.07. The van der Waals surface area contributed by atoms with Crippen molar-refractivity contribution in [2.75, 3.05) is 13.2 Å². The van der Waals surface area contributed by atoms with Gasteiger partial charge in [0.15, 0.2) is 6.10 Å². The number of rotatable bonds is 11. The first kappa shape index (κ1) is 23.8. The summed E-state index contributed by atoms with van der Waals surface area (Å²) in [6.45, 7) is 2.50. The number of aliphatic carboxylic acids is 1. The molecule has 0 spiro atoms. The van der Waals surface area contributed by atoms with Gasteiger partial charge in [-0.15, -0.1) is 0 Å². The number of carbonyl (C=O) groups is 3. The Hall–Kier alpha value is -3.39. The van der Waals surface area contributed by atoms with Crippen molar-refractivity contribution in [3.63, 3.8) is 0 Å². The lowest BCUT2D eigenvalue weighted by molar-refractivity contribution is -0.162. The lowest BCUT2D eigenvalue weighted by atomic mass is 9.98. The quantitative estimate of drug-likeness (QED) is 0.434. The van der Waals surface area contributed by atoms with Crippen LogP contribution in [0.15, 0.2) is 48.5 Å². The van der Waals surface area contributed by atoms with Gasteiger partial charge in [0.25, 0.3) is 0 Å². The van der Waals surface area contributed by atoms with Crippen molar-refractivity contribution in [1.82, 2.24) is 10.8 Å². The van der Waals surface area contributed by atoms with Crippen LogP contribution in [0.1, 0.15) is 49.7 Å². The number of carboxylic acid groups (broad SMARTS) is 1. The van der Waals surface area contributed by atoms with Crippen molar-refractivity contribution in [3.05, 3.63) is 59.7 Å². The number of hydrogen-bond acceptors (Lipinski definition) is 5. The molecule has 8 heteroatoms. The summed E-state index contributed by atoms with van der Waals surface area (Å²) in [4.78, 5) is 40.5. The molecule has 0 radical (unpaired) electrons. The van der Waals surface area contributed by atoms with Crippen LogP contribution >= 0.6 is 0 Å². The van der Waals surface area contributed by atoms with Crippen molar-refractivity contribution in [1.29, 1.82) is 0 Å². The number of carbonyl (C=O) groups excluding carboxylic acids is 2. The van der Waals surface area contributed by atoms with Crippen LogP contribution in [0.3, 0.4) is 0 Å². The van der Waals surface area contributed by atoms with E-state index >= 15 is 0 Å². The van der Waals surface area contributed by atoms with Gasteiger partial charge in [-0.2, -0.15) is 0 Å². The maximum atomic E-state index is 12.3. The van der Waals surface area contributed by atoms with Gasteiger partial charge in [-0.1, -0.05) is 55.5 Å². The first-order valence-corrected chi connectivity index (χ1v) is 11.7. The summed E-state index contributed by atoms with van der Waals surface area (Å²) in [6, 6.07) is 16.3. The number of benzene rings is 2. The van der Waals surface area contributed by atoms with Gasteiger partial charge < -0.3 is 15.2 Å². The van der Waals surface area contributed by atoms with Crippen molar-refractivity contribution >= 4 is 18.0 Å². The second-order valence-electron chi connectivity index (χ2n) is 9.09. The summed E-state index contributed by atoms with van der Waals surface area (Å²) in [7, 11) is 0. The summed E-state index contributed by atoms with van der Waals surface area (Å²) in [5, 5.41) is 11.9. The van der Waals surface area contributed by atoms with Crippen LogP contribution in [-0.2, 0) is 19.2 Å². The zero-order valence-corrected chi connectivity index (χ0v) is 19.2. The summed E-state index contributed by atoms with van der Waals surface area (Å²) in [5.41, 5.74) is 6.92. The fourth-order valence-corrected chi connectivity index (χ4v) is 4.41. The number of hydrogen-bond donors (Lipinski definition) is 3. The standard InChI is InChI=1S/C26H30N2O6/c1-16(14-23(29)28-34-24(25(30)31)17-10-11-17)12-13-27-26(32)33-15-22-20-8-4-2-6-18(20)19-7-3-5-9-21(19)22/h2-9,16-17,22,24H,10-15H2,1H3,(H,27,32)(H,28,29)(H,30,31). The van der Waals surface area contributed by atoms with E-state index < -0.39 is 18.2 Å². The Balaban J connectivity index is 1.16. The molecule has 2 aliphatic rings. The summed E-state index contributed by atoms with van der Waals surface area (Å²) >= 11 is 0. The predicted octanol–water partition coefficient (Wildman–Crippen LogP) is 3.85. The van der Waals surface area contributed by atoms with E-state index in [1.165, 1.54) is 11.1 Å². The number of fused-ring (bicyclic) bond motifs is 3. The Bertz CT molecular complexity index is 1010. The third-order valence-electron chi connectivity index (χ3n) is 6.38. The van der Waals surface area contributed by atoms with E-state index in [1.54, 1.807) is 0 Å². The first-order valence-electron chi connectivity index (χ1n) is 11.7. The van der Waals surface area contributed by atoms with Crippen LogP contribution in [0.5, 0.6) is 0 Å². The number of amides is 2. The average Bonchev–Trinajstić information content (AvgIpc) is 3.60. The van der Waals surface area contributed by atoms with Crippen LogP contribution in [0.25, 0.3) is 11.1 Å². The Labute approximate surface area is 198 Å². The van der Waals surface area contributed by atoms with Crippen LogP contribution in [-0.4, -0.2) is 42.3 Å². The molecule has 2 aromatic rings. The monoisotopic (exact) mass is 466 g/mol. The van der Waals surface area contributed by atoms with Crippen molar-refractivity contribution in [2.45, 2.75) is 44.6 Å². The number of hydroxylamine groups is 1. The number of nitrogens with one attached hydrogen (secondary N) is 2. The second kappa shape index (κ2) is 10.7. The van der Waals surface area contributed by atoms with E-state index in [1.807, 2.05) is 31.2 Å². The molecule has 34 heavy (non-hydrogen) atoms. The molecule has 2 aromatic carbocycles. The zero-order valence-electron chi connectivity index (χ0n) is 19.2. The number of carboxylic acids is 1. The van der Waals surface area contributed by atoms with Gasteiger partial charge in [0.05, 0.1) is 0 Å². The van der Waals surface area contributed by atoms with E-state index in [0.29, 0.717) is 13.0 Å². The minimum Gasteiger partial charge on any atom is -0.479 e. The van der Waals surface area contributed by atoms with Gasteiger partial charge in [0.2, 0.25) is 5.91 Å². The summed E-state index contributed by atoms with van der Waals surface area (Å²) in [6.07, 6.45) is 0.853. The molecule has 180 valence electrons. The molecule has 2 amide bonds. The van der Waals surface area contributed by atoms with Crippen LogP contribution in [0, 0.1) is 11.8 Å². The zero-order chi connectivity index (χ0) is 24.1. The highest BCUT2D eigenvalue weighted by Crippen LogP contribution is 2.44. The lowest BCUT2D eigenvalue weighted by Gasteiger charge is -2.16. The smallest absolute Gasteiger partial charge is 0.407 e. The minimum absolute atomic E-state index is 0.00559. The predicted molar refractivity (Wildman–Crippen MR) is 125 cm³/mol. The van der Waals surface area contributed by atoms with Gasteiger partial charge in [-0.05, 0) is 53.4 Å². The second-order valence-corrected chi connectivity index (χ2v) is 9.09. The molecule has 1 saturated carbocycles. The summed E-state index contributed by atoms with van der Waals surface area (Å²) in [5.74, 6) is -1.49. The molecule has 0 bridgehead atoms. The Morgan fingerprint density at radius 1 is 1.03 bits per heavy atom. The number of alkyl carbamates (subject to hydrolysis) is 1. The Morgan fingerprint density at radius 3 is 2.24 bits per heavy atom. The lowest BCUT2D eigenvalue weighted by Crippen LogP contribution is -2.36. The molecule has 3 N–H and O–H groups in total. The molecular formula is C26H30N2O6. The molecule has 2 atom stereocenters. The number of ether oxygens (including phenoxy) is 1. The van der Waals surface area contributed by atoms with Crippen LogP contribution in [0.2, 0.25) is 0 Å². The van der Waals surface area contributed by atoms with Crippen LogP contribution < -0.4 is 10.8 Å². The fraction of sp³-hybridized carbons (Fsp3) is 0.423. The molecule has 8 nitrogen and oxygen atoms in total. The molecule has 1 fully saturated rings. The molecule has 2 aliphatic carbocycles. The fourth-order valence-electron chi connectivity index (χ4n) is 4.41. The molecule has 0 heterocycles. The first-order chi connectivity index (χ1) is 16.4. The Kier molecular flexibility index (Phi) is 7.47. The highest BCUT2D eigenvalue weighted by Gasteiger charge is 2.38. The van der Waals surface area contributed by atoms with E-state index in [4.69, 9.17) is 14.7 Å². The Morgan fingerprint density at radius 2 is 1.65 bits per heavy atom. The van der Waals surface area contributed by atoms with E-state index in [-0.39, 0.29) is 36.7 Å². The van der Waals surface area contributed by atoms with Gasteiger partial charge in [0.1, 0.15) is 6.61 Å². The van der Waals surface area contributed by atoms with Crippen molar-refractivity contribution < 1.29 is 29.1 Å². The van der Waals surface area contributed by atoms with Crippen molar-refractivity contribution in [2.24, 2.45) is 11.8 Å². The van der Waals surface area contributed by atoms with Gasteiger partial charge in [-0.3, -0.25) is 9.63 Å². The summed E-state index contributed by atoms with van der Waals surface area (Å²) < 4.78 is 5.51.